The van der Waals surface area contributed by atoms with Crippen molar-refractivity contribution < 1.29 is 4.74 Å². The number of aromatic amines is 1. The predicted octanol–water partition coefficient (Wildman–Crippen LogP) is 1.19. The maximum Gasteiger partial charge on any atom is 0.322 e. The lowest BCUT2D eigenvalue weighted by Crippen LogP contribution is -2.04. The molecule has 0 spiro atoms. The second kappa shape index (κ2) is 5.48. The molecule has 0 aliphatic rings. The number of ether oxygens (including phenoxy) is 1. The fraction of sp³-hybridized carbons (Fsp3) is 0.333. The summed E-state index contributed by atoms with van der Waals surface area (Å²) in [6, 6.07) is 0.306. The molecule has 0 atom stereocenters. The molecule has 0 unspecified atom stereocenters. The normalized spacial score (nSPS) is 10.2. The minimum Gasteiger partial charge on any atom is -0.464 e. The second-order valence-electron chi connectivity index (χ2n) is 2.90. The van der Waals surface area contributed by atoms with E-state index in [1.54, 1.807) is 19.4 Å². The molecule has 0 aliphatic carbocycles. The van der Waals surface area contributed by atoms with Gasteiger partial charge in [0.15, 0.2) is 5.16 Å². The molecule has 0 aromatic carbocycles. The van der Waals surface area contributed by atoms with E-state index in [9.17, 15) is 0 Å². The van der Waals surface area contributed by atoms with Gasteiger partial charge in [-0.2, -0.15) is 15.0 Å². The lowest BCUT2D eigenvalue weighted by Gasteiger charge is -2.05. The zero-order valence-electron chi connectivity index (χ0n) is 9.47. The molecule has 17 heavy (non-hydrogen) atoms. The molecule has 8 heteroatoms. The first kappa shape index (κ1) is 11.6. The highest BCUT2D eigenvalue weighted by Crippen LogP contribution is 2.22. The zero-order valence-corrected chi connectivity index (χ0v) is 10.3. The Kier molecular flexibility index (Phi) is 3.76. The van der Waals surface area contributed by atoms with Crippen LogP contribution in [0.4, 0.5) is 5.95 Å². The van der Waals surface area contributed by atoms with Gasteiger partial charge in [0.05, 0.1) is 6.61 Å². The summed E-state index contributed by atoms with van der Waals surface area (Å²) >= 11 is 1.31. The molecule has 0 fully saturated rings. The number of H-pyrrole nitrogens is 1. The largest absolute Gasteiger partial charge is 0.464 e. The van der Waals surface area contributed by atoms with Gasteiger partial charge in [-0.3, -0.25) is 0 Å². The van der Waals surface area contributed by atoms with Gasteiger partial charge in [-0.1, -0.05) is 0 Å². The van der Waals surface area contributed by atoms with E-state index < -0.39 is 0 Å². The third-order valence-corrected chi connectivity index (χ3v) is 2.53. The van der Waals surface area contributed by atoms with Crippen LogP contribution >= 0.6 is 11.8 Å². The monoisotopic (exact) mass is 252 g/mol. The van der Waals surface area contributed by atoms with Gasteiger partial charge >= 0.3 is 6.01 Å². The summed E-state index contributed by atoms with van der Waals surface area (Å²) in [6.07, 6.45) is 3.41. The molecule has 2 aromatic heterocycles. The number of imidazole rings is 1. The fourth-order valence-electron chi connectivity index (χ4n) is 1.08. The molecular weight excluding hydrogens is 240 g/mol. The minimum atomic E-state index is 0.306. The Morgan fingerprint density at radius 2 is 2.29 bits per heavy atom. The summed E-state index contributed by atoms with van der Waals surface area (Å²) in [6.45, 7) is 2.39. The molecule has 7 nitrogen and oxygen atoms in total. The van der Waals surface area contributed by atoms with E-state index in [1.807, 2.05) is 6.92 Å². The molecule has 2 N–H and O–H groups in total. The van der Waals surface area contributed by atoms with E-state index in [1.165, 1.54) is 11.8 Å². The summed E-state index contributed by atoms with van der Waals surface area (Å²) in [5.74, 6) is 0.470. The molecule has 2 heterocycles. The third-order valence-electron chi connectivity index (χ3n) is 1.75. The van der Waals surface area contributed by atoms with Gasteiger partial charge in [0.1, 0.15) is 0 Å². The zero-order chi connectivity index (χ0) is 12.1. The van der Waals surface area contributed by atoms with Crippen LogP contribution in [0.2, 0.25) is 0 Å². The molecule has 0 bridgehead atoms. The first-order valence-corrected chi connectivity index (χ1v) is 5.87. The van der Waals surface area contributed by atoms with Crippen LogP contribution < -0.4 is 10.1 Å². The van der Waals surface area contributed by atoms with Crippen molar-refractivity contribution in [2.75, 3.05) is 19.0 Å². The number of hydrogen-bond acceptors (Lipinski definition) is 7. The van der Waals surface area contributed by atoms with Crippen LogP contribution in [0, 0.1) is 0 Å². The van der Waals surface area contributed by atoms with Gasteiger partial charge < -0.3 is 15.0 Å². The Morgan fingerprint density at radius 3 is 2.94 bits per heavy atom. The van der Waals surface area contributed by atoms with Crippen LogP contribution in [0.1, 0.15) is 6.92 Å². The van der Waals surface area contributed by atoms with E-state index in [0.29, 0.717) is 23.7 Å². The average Bonchev–Trinajstić information content (AvgIpc) is 2.82. The number of anilines is 1. The predicted molar refractivity (Wildman–Crippen MR) is 63.3 cm³/mol. The third kappa shape index (κ3) is 3.06. The van der Waals surface area contributed by atoms with Crippen LogP contribution in [0.25, 0.3) is 0 Å². The smallest absolute Gasteiger partial charge is 0.322 e. The summed E-state index contributed by atoms with van der Waals surface area (Å²) < 4.78 is 5.26. The van der Waals surface area contributed by atoms with E-state index >= 15 is 0 Å². The molecule has 0 saturated carbocycles. The van der Waals surface area contributed by atoms with E-state index in [4.69, 9.17) is 4.74 Å². The van der Waals surface area contributed by atoms with Crippen LogP contribution in [0.15, 0.2) is 22.7 Å². The highest BCUT2D eigenvalue weighted by atomic mass is 32.2. The number of rotatable bonds is 5. The van der Waals surface area contributed by atoms with Crippen molar-refractivity contribution in [1.29, 1.82) is 0 Å². The fourth-order valence-corrected chi connectivity index (χ4v) is 1.75. The number of nitrogens with one attached hydrogen (secondary N) is 2. The van der Waals surface area contributed by atoms with E-state index in [-0.39, 0.29) is 0 Å². The van der Waals surface area contributed by atoms with Gasteiger partial charge in [0.2, 0.25) is 11.1 Å². The van der Waals surface area contributed by atoms with Crippen LogP contribution in [0.5, 0.6) is 6.01 Å². The second-order valence-corrected chi connectivity index (χ2v) is 3.86. The maximum atomic E-state index is 5.26. The Hall–Kier alpha value is -1.83. The van der Waals surface area contributed by atoms with Crippen LogP contribution in [0.3, 0.4) is 0 Å². The summed E-state index contributed by atoms with van der Waals surface area (Å²) in [5, 5.41) is 4.11. The van der Waals surface area contributed by atoms with E-state index in [0.717, 1.165) is 5.16 Å². The number of nitrogens with zero attached hydrogens (tertiary/aromatic N) is 4. The van der Waals surface area contributed by atoms with Crippen LogP contribution in [-0.2, 0) is 0 Å². The lowest BCUT2D eigenvalue weighted by atomic mass is 10.8. The molecule has 2 rings (SSSR count). The SMILES string of the molecule is CCOc1nc(NC)nc(Sc2ncc[nH]2)n1. The van der Waals surface area contributed by atoms with Gasteiger partial charge in [0, 0.05) is 19.4 Å². The topological polar surface area (TPSA) is 88.6 Å². The molecular formula is C9H12N6OS. The molecule has 0 aliphatic heterocycles. The highest BCUT2D eigenvalue weighted by molar-refractivity contribution is 7.99. The standard InChI is InChI=1S/C9H12N6OS/c1-3-16-7-13-6(10-2)14-9(15-7)17-8-11-4-5-12-8/h4-5H,3H2,1-2H3,(H,11,12)(H,10,13,14,15). The van der Waals surface area contributed by atoms with E-state index in [2.05, 4.69) is 30.2 Å². The molecule has 0 amide bonds. The Labute approximate surface area is 102 Å². The van der Waals surface area contributed by atoms with Crippen molar-refractivity contribution in [3.63, 3.8) is 0 Å². The van der Waals surface area contributed by atoms with Gasteiger partial charge in [-0.15, -0.1) is 0 Å². The first-order chi connectivity index (χ1) is 8.31. The van der Waals surface area contributed by atoms with Crippen molar-refractivity contribution in [2.45, 2.75) is 17.2 Å². The first-order valence-electron chi connectivity index (χ1n) is 5.05. The Bertz CT molecular complexity index is 474. The molecule has 0 radical (unpaired) electrons. The summed E-state index contributed by atoms with van der Waals surface area (Å²) in [5.41, 5.74) is 0. The van der Waals surface area contributed by atoms with Crippen molar-refractivity contribution in [2.24, 2.45) is 0 Å². The Morgan fingerprint density at radius 1 is 1.41 bits per heavy atom. The average molecular weight is 252 g/mol. The Balaban J connectivity index is 2.23. The lowest BCUT2D eigenvalue weighted by molar-refractivity contribution is 0.308. The highest BCUT2D eigenvalue weighted by Gasteiger charge is 2.08. The molecule has 2 aromatic rings. The molecule has 90 valence electrons. The number of hydrogen-bond donors (Lipinski definition) is 2. The maximum absolute atomic E-state index is 5.26. The van der Waals surface area contributed by atoms with Crippen molar-refractivity contribution >= 4 is 17.7 Å². The number of aromatic nitrogens is 5. The quantitative estimate of drug-likeness (QED) is 0.826. The van der Waals surface area contributed by atoms with Crippen LogP contribution in [-0.4, -0.2) is 38.6 Å². The minimum absolute atomic E-state index is 0.306. The van der Waals surface area contributed by atoms with Crippen molar-refractivity contribution in [1.82, 2.24) is 24.9 Å². The summed E-state index contributed by atoms with van der Waals surface area (Å²) in [7, 11) is 1.74. The summed E-state index contributed by atoms with van der Waals surface area (Å²) in [4.78, 5) is 19.5. The molecule has 0 saturated heterocycles. The van der Waals surface area contributed by atoms with Crippen molar-refractivity contribution in [3.05, 3.63) is 12.4 Å². The van der Waals surface area contributed by atoms with Gasteiger partial charge in [-0.25, -0.2) is 4.98 Å². The van der Waals surface area contributed by atoms with Gasteiger partial charge in [-0.05, 0) is 18.7 Å². The van der Waals surface area contributed by atoms with Gasteiger partial charge in [0.25, 0.3) is 0 Å². The van der Waals surface area contributed by atoms with Crippen molar-refractivity contribution in [3.8, 4) is 6.01 Å².